The van der Waals surface area contributed by atoms with Crippen LogP contribution in [0.5, 0.6) is 0 Å². The molecule has 0 spiro atoms. The minimum absolute atomic E-state index is 0.0201. The summed E-state index contributed by atoms with van der Waals surface area (Å²) in [6.45, 7) is 2.64. The lowest BCUT2D eigenvalue weighted by atomic mass is 10.2. The lowest BCUT2D eigenvalue weighted by molar-refractivity contribution is -0.114. The van der Waals surface area contributed by atoms with E-state index >= 15 is 0 Å². The standard InChI is InChI=1S/C21H27N3O5S2/c1-2-30(26,27)19-10-6-17(7-11-19)22-16-21(25)23-18-8-12-20(13-9-18)31(28,29)24-14-4-3-5-15-24/h6-13,22H,2-5,14-16H2,1H3,(H,23,25). The zero-order valence-corrected chi connectivity index (χ0v) is 19.0. The van der Waals surface area contributed by atoms with Gasteiger partial charge in [0.25, 0.3) is 0 Å². The molecule has 0 aliphatic carbocycles. The maximum atomic E-state index is 12.7. The molecule has 3 rings (SSSR count). The SMILES string of the molecule is CCS(=O)(=O)c1ccc(NCC(=O)Nc2ccc(S(=O)(=O)N3CCCCC3)cc2)cc1. The second-order valence-corrected chi connectivity index (χ2v) is 11.5. The number of hydrogen-bond donors (Lipinski definition) is 2. The zero-order valence-electron chi connectivity index (χ0n) is 17.4. The zero-order chi connectivity index (χ0) is 22.5. The molecule has 2 aromatic rings. The number of carbonyl (C=O) groups excluding carboxylic acids is 1. The molecule has 1 heterocycles. The van der Waals surface area contributed by atoms with Crippen LogP contribution in [0.25, 0.3) is 0 Å². The topological polar surface area (TPSA) is 113 Å². The highest BCUT2D eigenvalue weighted by atomic mass is 32.2. The highest BCUT2D eigenvalue weighted by Crippen LogP contribution is 2.22. The lowest BCUT2D eigenvalue weighted by Gasteiger charge is -2.25. The maximum absolute atomic E-state index is 12.7. The fourth-order valence-electron chi connectivity index (χ4n) is 3.30. The van der Waals surface area contributed by atoms with Gasteiger partial charge in [0.05, 0.1) is 22.1 Å². The third-order valence-electron chi connectivity index (χ3n) is 5.14. The second-order valence-electron chi connectivity index (χ2n) is 7.32. The molecule has 0 bridgehead atoms. The number of anilines is 2. The summed E-state index contributed by atoms with van der Waals surface area (Å²) < 4.78 is 50.5. The number of amides is 1. The van der Waals surface area contributed by atoms with Crippen molar-refractivity contribution < 1.29 is 21.6 Å². The molecule has 2 aromatic carbocycles. The number of carbonyl (C=O) groups is 1. The van der Waals surface area contributed by atoms with Crippen LogP contribution in [0, 0.1) is 0 Å². The quantitative estimate of drug-likeness (QED) is 0.620. The summed E-state index contributed by atoms with van der Waals surface area (Å²) >= 11 is 0. The molecule has 0 saturated carbocycles. The molecule has 8 nitrogen and oxygen atoms in total. The van der Waals surface area contributed by atoms with Crippen molar-refractivity contribution in [2.45, 2.75) is 36.0 Å². The molecule has 0 aromatic heterocycles. The lowest BCUT2D eigenvalue weighted by Crippen LogP contribution is -2.35. The van der Waals surface area contributed by atoms with Crippen molar-refractivity contribution in [1.29, 1.82) is 0 Å². The van der Waals surface area contributed by atoms with E-state index in [0.717, 1.165) is 19.3 Å². The first kappa shape index (κ1) is 23.2. The van der Waals surface area contributed by atoms with Gasteiger partial charge in [-0.2, -0.15) is 4.31 Å². The van der Waals surface area contributed by atoms with Gasteiger partial charge in [-0.25, -0.2) is 16.8 Å². The van der Waals surface area contributed by atoms with Crippen LogP contribution in [0.4, 0.5) is 11.4 Å². The average molecular weight is 466 g/mol. The normalized spacial score (nSPS) is 15.4. The number of nitrogens with zero attached hydrogens (tertiary/aromatic N) is 1. The molecule has 168 valence electrons. The van der Waals surface area contributed by atoms with Gasteiger partial charge in [-0.3, -0.25) is 4.79 Å². The molecule has 31 heavy (non-hydrogen) atoms. The summed E-state index contributed by atoms with van der Waals surface area (Å²) in [5.41, 5.74) is 1.11. The highest BCUT2D eigenvalue weighted by Gasteiger charge is 2.25. The van der Waals surface area contributed by atoms with Crippen molar-refractivity contribution >= 4 is 37.1 Å². The first-order valence-electron chi connectivity index (χ1n) is 10.2. The van der Waals surface area contributed by atoms with Crippen LogP contribution in [-0.4, -0.2) is 52.4 Å². The molecular formula is C21H27N3O5S2. The van der Waals surface area contributed by atoms with Crippen molar-refractivity contribution in [3.8, 4) is 0 Å². The first-order chi connectivity index (χ1) is 14.7. The van der Waals surface area contributed by atoms with Crippen LogP contribution >= 0.6 is 0 Å². The van der Waals surface area contributed by atoms with Crippen LogP contribution in [0.3, 0.4) is 0 Å². The average Bonchev–Trinajstić information content (AvgIpc) is 2.79. The third kappa shape index (κ3) is 5.84. The van der Waals surface area contributed by atoms with Crippen molar-refractivity contribution in [3.63, 3.8) is 0 Å². The van der Waals surface area contributed by atoms with E-state index < -0.39 is 19.9 Å². The van der Waals surface area contributed by atoms with Crippen LogP contribution in [0.1, 0.15) is 26.2 Å². The van der Waals surface area contributed by atoms with Crippen molar-refractivity contribution in [2.75, 3.05) is 36.0 Å². The largest absolute Gasteiger partial charge is 0.376 e. The van der Waals surface area contributed by atoms with Gasteiger partial charge in [0.15, 0.2) is 9.84 Å². The molecule has 1 aliphatic rings. The smallest absolute Gasteiger partial charge is 0.243 e. The van der Waals surface area contributed by atoms with E-state index in [-0.39, 0.29) is 28.0 Å². The summed E-state index contributed by atoms with van der Waals surface area (Å²) in [5, 5.41) is 5.64. The molecule has 0 unspecified atom stereocenters. The molecule has 0 radical (unpaired) electrons. The number of sulfone groups is 1. The number of sulfonamides is 1. The molecule has 1 fully saturated rings. The Balaban J connectivity index is 1.55. The first-order valence-corrected chi connectivity index (χ1v) is 13.3. The van der Waals surface area contributed by atoms with Gasteiger partial charge < -0.3 is 10.6 Å². The molecule has 2 N–H and O–H groups in total. The number of rotatable bonds is 8. The molecule has 0 atom stereocenters. The van der Waals surface area contributed by atoms with Crippen molar-refractivity contribution in [1.82, 2.24) is 4.31 Å². The van der Waals surface area contributed by atoms with E-state index in [1.54, 1.807) is 31.2 Å². The molecule has 10 heteroatoms. The minimum atomic E-state index is -3.50. The summed E-state index contributed by atoms with van der Waals surface area (Å²) in [6, 6.07) is 12.4. The summed E-state index contributed by atoms with van der Waals surface area (Å²) in [7, 11) is -6.77. The minimum Gasteiger partial charge on any atom is -0.376 e. The number of piperidine rings is 1. The summed E-state index contributed by atoms with van der Waals surface area (Å²) in [4.78, 5) is 12.6. The number of hydrogen-bond acceptors (Lipinski definition) is 6. The predicted octanol–water partition coefficient (Wildman–Crippen LogP) is 2.71. The van der Waals surface area contributed by atoms with Gasteiger partial charge >= 0.3 is 0 Å². The Morgan fingerprint density at radius 1 is 0.839 bits per heavy atom. The number of nitrogens with one attached hydrogen (secondary N) is 2. The maximum Gasteiger partial charge on any atom is 0.243 e. The van der Waals surface area contributed by atoms with Gasteiger partial charge in [-0.15, -0.1) is 0 Å². The van der Waals surface area contributed by atoms with Gasteiger partial charge in [-0.1, -0.05) is 13.3 Å². The third-order valence-corrected chi connectivity index (χ3v) is 8.80. The highest BCUT2D eigenvalue weighted by molar-refractivity contribution is 7.91. The second kappa shape index (κ2) is 9.80. The Labute approximate surface area is 183 Å². The van der Waals surface area contributed by atoms with E-state index in [1.165, 1.54) is 28.6 Å². The van der Waals surface area contributed by atoms with Crippen LogP contribution in [-0.2, 0) is 24.7 Å². The Bertz CT molecular complexity index is 1110. The molecule has 1 amide bonds. The Morgan fingerprint density at radius 2 is 1.39 bits per heavy atom. The van der Waals surface area contributed by atoms with Gasteiger partial charge in [-0.05, 0) is 61.4 Å². The van der Waals surface area contributed by atoms with E-state index in [4.69, 9.17) is 0 Å². The Hall–Kier alpha value is -2.43. The van der Waals surface area contributed by atoms with Gasteiger partial charge in [0, 0.05) is 24.5 Å². The van der Waals surface area contributed by atoms with E-state index in [1.807, 2.05) is 0 Å². The van der Waals surface area contributed by atoms with Crippen LogP contribution in [0.15, 0.2) is 58.3 Å². The Morgan fingerprint density at radius 3 is 1.97 bits per heavy atom. The van der Waals surface area contributed by atoms with Crippen molar-refractivity contribution in [3.05, 3.63) is 48.5 Å². The molecular weight excluding hydrogens is 438 g/mol. The number of benzene rings is 2. The molecule has 1 aliphatic heterocycles. The fraction of sp³-hybridized carbons (Fsp3) is 0.381. The summed E-state index contributed by atoms with van der Waals surface area (Å²) in [5.74, 6) is -0.280. The Kier molecular flexibility index (Phi) is 7.34. The van der Waals surface area contributed by atoms with Crippen LogP contribution in [0.2, 0.25) is 0 Å². The fourth-order valence-corrected chi connectivity index (χ4v) is 5.70. The van der Waals surface area contributed by atoms with Gasteiger partial charge in [0.1, 0.15) is 0 Å². The van der Waals surface area contributed by atoms with E-state index in [9.17, 15) is 21.6 Å². The van der Waals surface area contributed by atoms with E-state index in [2.05, 4.69) is 10.6 Å². The van der Waals surface area contributed by atoms with Crippen LogP contribution < -0.4 is 10.6 Å². The van der Waals surface area contributed by atoms with E-state index in [0.29, 0.717) is 24.5 Å². The summed E-state index contributed by atoms with van der Waals surface area (Å²) in [6.07, 6.45) is 2.79. The van der Waals surface area contributed by atoms with Crippen molar-refractivity contribution in [2.24, 2.45) is 0 Å². The monoisotopic (exact) mass is 465 g/mol. The van der Waals surface area contributed by atoms with Gasteiger partial charge in [0.2, 0.25) is 15.9 Å². The predicted molar refractivity (Wildman–Crippen MR) is 120 cm³/mol. The molecule has 1 saturated heterocycles.